The van der Waals surface area contributed by atoms with E-state index in [-0.39, 0.29) is 31.1 Å². The molecule has 0 aliphatic rings. The molecule has 0 N–H and O–H groups in total. The highest BCUT2D eigenvalue weighted by Crippen LogP contribution is 2.14. The summed E-state index contributed by atoms with van der Waals surface area (Å²) in [5, 5.41) is 0. The zero-order chi connectivity index (χ0) is 57.1. The summed E-state index contributed by atoms with van der Waals surface area (Å²) in [6.07, 6.45) is 95.3. The molecular formula is C73H116O6. The number of carbonyl (C=O) groups is 3. The molecule has 1 unspecified atom stereocenters. The Balaban J connectivity index is 4.39. The first-order valence-corrected chi connectivity index (χ1v) is 32.0. The van der Waals surface area contributed by atoms with Gasteiger partial charge in [-0.3, -0.25) is 14.4 Å². The van der Waals surface area contributed by atoms with Crippen LogP contribution in [0.3, 0.4) is 0 Å². The van der Waals surface area contributed by atoms with Gasteiger partial charge in [-0.05, 0) is 128 Å². The third-order valence-electron chi connectivity index (χ3n) is 13.0. The van der Waals surface area contributed by atoms with Crippen LogP contribution in [0, 0.1) is 0 Å². The quantitative estimate of drug-likeness (QED) is 0.0261. The van der Waals surface area contributed by atoms with Crippen molar-refractivity contribution in [1.82, 2.24) is 0 Å². The molecule has 444 valence electrons. The lowest BCUT2D eigenvalue weighted by Gasteiger charge is -2.18. The number of esters is 3. The van der Waals surface area contributed by atoms with Crippen LogP contribution in [-0.4, -0.2) is 37.2 Å². The van der Waals surface area contributed by atoms with E-state index >= 15 is 0 Å². The van der Waals surface area contributed by atoms with E-state index in [4.69, 9.17) is 14.2 Å². The van der Waals surface area contributed by atoms with Crippen LogP contribution in [0.2, 0.25) is 0 Å². The predicted octanol–water partition coefficient (Wildman–Crippen LogP) is 22.1. The summed E-state index contributed by atoms with van der Waals surface area (Å²) in [6.45, 7) is 6.36. The molecule has 0 rings (SSSR count). The molecule has 0 saturated heterocycles. The lowest BCUT2D eigenvalue weighted by Crippen LogP contribution is -2.30. The summed E-state index contributed by atoms with van der Waals surface area (Å²) in [5.41, 5.74) is 0. The molecule has 6 heteroatoms. The number of allylic oxidation sites excluding steroid dienone is 26. The van der Waals surface area contributed by atoms with Crippen LogP contribution in [0.15, 0.2) is 158 Å². The van der Waals surface area contributed by atoms with Gasteiger partial charge in [0, 0.05) is 19.3 Å². The van der Waals surface area contributed by atoms with Crippen LogP contribution in [0.4, 0.5) is 0 Å². The van der Waals surface area contributed by atoms with Gasteiger partial charge < -0.3 is 14.2 Å². The second-order valence-electron chi connectivity index (χ2n) is 20.6. The van der Waals surface area contributed by atoms with Crippen molar-refractivity contribution < 1.29 is 28.6 Å². The molecule has 0 aliphatic heterocycles. The van der Waals surface area contributed by atoms with Crippen molar-refractivity contribution in [2.75, 3.05) is 13.2 Å². The molecule has 1 atom stereocenters. The van der Waals surface area contributed by atoms with Gasteiger partial charge in [-0.2, -0.15) is 0 Å². The number of hydrogen-bond acceptors (Lipinski definition) is 6. The number of carbonyl (C=O) groups excluding carboxylic acids is 3. The van der Waals surface area contributed by atoms with Gasteiger partial charge >= 0.3 is 17.9 Å². The Morgan fingerprint density at radius 2 is 0.494 bits per heavy atom. The van der Waals surface area contributed by atoms with Crippen LogP contribution in [0.25, 0.3) is 0 Å². The Morgan fingerprint density at radius 1 is 0.266 bits per heavy atom. The largest absolute Gasteiger partial charge is 0.462 e. The van der Waals surface area contributed by atoms with Gasteiger partial charge in [0.2, 0.25) is 0 Å². The van der Waals surface area contributed by atoms with E-state index in [2.05, 4.69) is 179 Å². The molecule has 6 nitrogen and oxygen atoms in total. The molecule has 79 heavy (non-hydrogen) atoms. The molecule has 0 aromatic heterocycles. The number of unbranched alkanes of at least 4 members (excludes halogenated alkanes) is 19. The van der Waals surface area contributed by atoms with Crippen molar-refractivity contribution in [2.24, 2.45) is 0 Å². The molecule has 0 fully saturated rings. The van der Waals surface area contributed by atoms with Gasteiger partial charge in [-0.1, -0.05) is 275 Å². The van der Waals surface area contributed by atoms with E-state index in [0.29, 0.717) is 19.3 Å². The van der Waals surface area contributed by atoms with Crippen molar-refractivity contribution in [3.8, 4) is 0 Å². The van der Waals surface area contributed by atoms with Gasteiger partial charge in [-0.15, -0.1) is 0 Å². The molecular weight excluding hydrogens is 973 g/mol. The van der Waals surface area contributed by atoms with Crippen molar-refractivity contribution in [2.45, 2.75) is 271 Å². The first kappa shape index (κ1) is 74.0. The summed E-state index contributed by atoms with van der Waals surface area (Å²) in [6, 6.07) is 0. The van der Waals surface area contributed by atoms with E-state index in [1.807, 2.05) is 0 Å². The minimum Gasteiger partial charge on any atom is -0.462 e. The predicted molar refractivity (Wildman–Crippen MR) is 343 cm³/mol. The Bertz CT molecular complexity index is 1780. The monoisotopic (exact) mass is 1090 g/mol. The summed E-state index contributed by atoms with van der Waals surface area (Å²) in [5.74, 6) is -0.951. The minimum atomic E-state index is -0.806. The number of rotatable bonds is 56. The fourth-order valence-corrected chi connectivity index (χ4v) is 8.31. The second-order valence-corrected chi connectivity index (χ2v) is 20.6. The van der Waals surface area contributed by atoms with Gasteiger partial charge in [0.15, 0.2) is 6.10 Å². The molecule has 0 aliphatic carbocycles. The first-order chi connectivity index (χ1) is 39.0. The lowest BCUT2D eigenvalue weighted by atomic mass is 10.1. The third kappa shape index (κ3) is 63.7. The maximum Gasteiger partial charge on any atom is 0.306 e. The van der Waals surface area contributed by atoms with E-state index in [9.17, 15) is 14.4 Å². The summed E-state index contributed by atoms with van der Waals surface area (Å²) in [7, 11) is 0. The Kier molecular flexibility index (Phi) is 61.4. The average Bonchev–Trinajstić information content (AvgIpc) is 3.45. The van der Waals surface area contributed by atoms with Crippen LogP contribution in [-0.2, 0) is 28.6 Å². The van der Waals surface area contributed by atoms with E-state index in [1.165, 1.54) is 64.2 Å². The fourth-order valence-electron chi connectivity index (χ4n) is 8.31. The highest BCUT2D eigenvalue weighted by molar-refractivity contribution is 5.71. The summed E-state index contributed by atoms with van der Waals surface area (Å²) < 4.78 is 16.9. The van der Waals surface area contributed by atoms with Gasteiger partial charge in [0.1, 0.15) is 13.2 Å². The SMILES string of the molecule is CC/C=C\C/C=C\C/C=C\C/C=C\C/C=C\C/C=C\C/C=C\C/C=C\C/C=C\CCCCCC(=O)OCC(COC(=O)CCCCCCCCCCCCC)OC(=O)CCCCCCCC/C=C\C/C=C\C/C=C\C/C=C\CC. The highest BCUT2D eigenvalue weighted by atomic mass is 16.6. The van der Waals surface area contributed by atoms with Crippen LogP contribution in [0.5, 0.6) is 0 Å². The standard InChI is InChI=1S/C73H116O6/c1-4-7-10-13-16-19-22-24-26-28-30-31-32-33-34-35-36-37-38-39-40-41-43-44-46-48-51-54-57-60-63-66-72(75)78-69-70(68-77-71(74)65-62-59-56-53-50-21-18-15-12-9-6-3)79-73(76)67-64-61-58-55-52-49-47-45-42-29-27-25-23-20-17-14-11-8-5-2/h7-8,10-11,16-17,19-20,24-27,30-31,33-34,36-37,39-40,42-45,48,51,70H,4-6,9,12-15,18,21-23,28-29,32,35,38,41,46-47,49-50,52-69H2,1-3H3/b10-7-,11-8-,19-16-,20-17-,26-24-,27-25-,31-30-,34-33-,37-36-,40-39-,44-43-,45-42-,51-48-. The minimum absolute atomic E-state index is 0.0988. The molecule has 0 spiro atoms. The molecule has 0 saturated carbocycles. The maximum absolute atomic E-state index is 12.9. The van der Waals surface area contributed by atoms with Gasteiger partial charge in [-0.25, -0.2) is 0 Å². The fraction of sp³-hybridized carbons (Fsp3) is 0.603. The molecule has 0 heterocycles. The highest BCUT2D eigenvalue weighted by Gasteiger charge is 2.19. The molecule has 0 aromatic carbocycles. The van der Waals surface area contributed by atoms with E-state index < -0.39 is 6.10 Å². The lowest BCUT2D eigenvalue weighted by molar-refractivity contribution is -0.167. The van der Waals surface area contributed by atoms with Crippen molar-refractivity contribution in [3.63, 3.8) is 0 Å². The van der Waals surface area contributed by atoms with Crippen molar-refractivity contribution >= 4 is 17.9 Å². The normalized spacial score (nSPS) is 13.2. The smallest absolute Gasteiger partial charge is 0.306 e. The third-order valence-corrected chi connectivity index (χ3v) is 13.0. The molecule has 0 amide bonds. The topological polar surface area (TPSA) is 78.9 Å². The van der Waals surface area contributed by atoms with E-state index in [0.717, 1.165) is 161 Å². The van der Waals surface area contributed by atoms with E-state index in [1.54, 1.807) is 0 Å². The zero-order valence-electron chi connectivity index (χ0n) is 50.8. The molecule has 0 radical (unpaired) electrons. The van der Waals surface area contributed by atoms with Gasteiger partial charge in [0.05, 0.1) is 0 Å². The molecule has 0 bridgehead atoms. The van der Waals surface area contributed by atoms with Crippen LogP contribution < -0.4 is 0 Å². The summed E-state index contributed by atoms with van der Waals surface area (Å²) >= 11 is 0. The molecule has 0 aromatic rings. The van der Waals surface area contributed by atoms with Gasteiger partial charge in [0.25, 0.3) is 0 Å². The summed E-state index contributed by atoms with van der Waals surface area (Å²) in [4.78, 5) is 38.2. The zero-order valence-corrected chi connectivity index (χ0v) is 50.8. The first-order valence-electron chi connectivity index (χ1n) is 32.0. The average molecular weight is 1090 g/mol. The number of ether oxygens (including phenoxy) is 3. The Morgan fingerprint density at radius 3 is 0.785 bits per heavy atom. The number of hydrogen-bond donors (Lipinski definition) is 0. The van der Waals surface area contributed by atoms with Crippen LogP contribution in [0.1, 0.15) is 265 Å². The maximum atomic E-state index is 12.9. The Labute approximate surface area is 486 Å². The van der Waals surface area contributed by atoms with Crippen molar-refractivity contribution in [3.05, 3.63) is 158 Å². The Hall–Kier alpha value is -4.97. The second kappa shape index (κ2) is 65.5. The van der Waals surface area contributed by atoms with Crippen LogP contribution >= 0.6 is 0 Å². The van der Waals surface area contributed by atoms with Crippen molar-refractivity contribution in [1.29, 1.82) is 0 Å².